The number of aryl methyl sites for hydroxylation is 6. The summed E-state index contributed by atoms with van der Waals surface area (Å²) in [7, 11) is 0. The molecule has 39 heavy (non-hydrogen) atoms. The monoisotopic (exact) mass is 500 g/mol. The van der Waals surface area contributed by atoms with Crippen molar-refractivity contribution in [3.63, 3.8) is 0 Å². The molecule has 0 aliphatic heterocycles. The highest BCUT2D eigenvalue weighted by molar-refractivity contribution is 6.92. The molecule has 0 aliphatic rings. The second-order valence-corrected chi connectivity index (χ2v) is 11.2. The zero-order valence-corrected chi connectivity index (χ0v) is 23.7. The normalized spacial score (nSPS) is 11.1. The Kier molecular flexibility index (Phi) is 6.29. The molecule has 0 aliphatic carbocycles. The molecule has 0 nitrogen and oxygen atoms in total. The number of fused-ring (bicyclic) bond motifs is 3. The summed E-state index contributed by atoms with van der Waals surface area (Å²) in [5.41, 5.74) is 11.6. The smallest absolute Gasteiger partial charge is 0.137 e. The van der Waals surface area contributed by atoms with Crippen LogP contribution in [0.1, 0.15) is 38.9 Å². The minimum Gasteiger partial charge on any atom is -0.137 e. The highest BCUT2D eigenvalue weighted by Gasteiger charge is 2.25. The number of hydrogen-bond donors (Lipinski definition) is 0. The van der Waals surface area contributed by atoms with Crippen LogP contribution in [0, 0.1) is 53.3 Å². The molecule has 0 radical (unpaired) electrons. The summed E-state index contributed by atoms with van der Waals surface area (Å²) in [6, 6.07) is 33.4. The fourth-order valence-corrected chi connectivity index (χ4v) is 6.62. The summed E-state index contributed by atoms with van der Waals surface area (Å²) in [4.78, 5) is 0. The topological polar surface area (TPSA) is 0 Å². The summed E-state index contributed by atoms with van der Waals surface area (Å²) in [6.45, 7) is 13.3. The molecule has 0 amide bonds. The van der Waals surface area contributed by atoms with Gasteiger partial charge in [-0.25, -0.2) is 0 Å². The zero-order chi connectivity index (χ0) is 27.3. The highest BCUT2D eigenvalue weighted by Crippen LogP contribution is 2.31. The first-order valence-corrected chi connectivity index (χ1v) is 13.8. The van der Waals surface area contributed by atoms with Crippen LogP contribution < -0.4 is 10.9 Å². The zero-order valence-electron chi connectivity index (χ0n) is 23.7. The minimum absolute atomic E-state index is 0.0133. The minimum atomic E-state index is -0.0133. The molecular formula is C38H33B. The maximum Gasteiger partial charge on any atom is 0.297 e. The van der Waals surface area contributed by atoms with Crippen LogP contribution >= 0.6 is 0 Å². The molecule has 0 heterocycles. The van der Waals surface area contributed by atoms with Gasteiger partial charge < -0.3 is 0 Å². The van der Waals surface area contributed by atoms with Gasteiger partial charge in [0, 0.05) is 5.56 Å². The second-order valence-electron chi connectivity index (χ2n) is 11.2. The molecule has 0 fully saturated rings. The van der Waals surface area contributed by atoms with Crippen molar-refractivity contribution in [1.29, 1.82) is 0 Å². The van der Waals surface area contributed by atoms with Gasteiger partial charge in [-0.2, -0.15) is 0 Å². The fourth-order valence-electron chi connectivity index (χ4n) is 6.62. The Balaban J connectivity index is 1.68. The van der Waals surface area contributed by atoms with Gasteiger partial charge in [0.15, 0.2) is 0 Å². The number of benzene rings is 6. The van der Waals surface area contributed by atoms with Crippen LogP contribution in [0.25, 0.3) is 32.3 Å². The van der Waals surface area contributed by atoms with Gasteiger partial charge in [0.05, 0.1) is 0 Å². The molecule has 0 atom stereocenters. The third-order valence-electron chi connectivity index (χ3n) is 8.12. The van der Waals surface area contributed by atoms with E-state index in [-0.39, 0.29) is 6.71 Å². The largest absolute Gasteiger partial charge is 0.297 e. The van der Waals surface area contributed by atoms with Gasteiger partial charge in [0.2, 0.25) is 0 Å². The summed E-state index contributed by atoms with van der Waals surface area (Å²) < 4.78 is 0. The maximum absolute atomic E-state index is 3.85. The molecule has 0 spiro atoms. The van der Waals surface area contributed by atoms with Crippen molar-refractivity contribution in [2.75, 3.05) is 0 Å². The van der Waals surface area contributed by atoms with E-state index >= 15 is 0 Å². The lowest BCUT2D eigenvalue weighted by molar-refractivity contribution is 1.34. The van der Waals surface area contributed by atoms with Crippen LogP contribution in [0.3, 0.4) is 0 Å². The first-order valence-electron chi connectivity index (χ1n) is 13.8. The molecule has 188 valence electrons. The molecule has 0 saturated carbocycles. The molecule has 0 N–H and O–H groups in total. The van der Waals surface area contributed by atoms with Gasteiger partial charge in [-0.05, 0) is 92.1 Å². The Hall–Kier alpha value is -4.28. The van der Waals surface area contributed by atoms with Gasteiger partial charge in [-0.15, -0.1) is 5.82 Å². The van der Waals surface area contributed by atoms with Crippen molar-refractivity contribution in [1.82, 2.24) is 0 Å². The molecule has 6 aromatic rings. The molecular weight excluding hydrogens is 467 g/mol. The highest BCUT2D eigenvalue weighted by atomic mass is 14.1. The van der Waals surface area contributed by atoms with E-state index in [1.54, 1.807) is 0 Å². The molecule has 0 bridgehead atoms. The Labute approximate surface area is 232 Å². The summed E-state index contributed by atoms with van der Waals surface area (Å²) in [5.74, 6) is 7.63. The van der Waals surface area contributed by atoms with Crippen LogP contribution in [0.15, 0.2) is 91.0 Å². The molecule has 0 aromatic heterocycles. The van der Waals surface area contributed by atoms with E-state index in [1.165, 1.54) is 76.6 Å². The van der Waals surface area contributed by atoms with E-state index in [1.807, 2.05) is 0 Å². The van der Waals surface area contributed by atoms with Crippen molar-refractivity contribution in [3.8, 4) is 11.7 Å². The lowest BCUT2D eigenvalue weighted by atomic mass is 9.38. The standard InChI is InChI=1S/C38H33B/c1-24-17-26(3)37(27(4)18-24)39(38-28(5)19-25(2)20-29(38)6)16-15-35-34-14-10-9-13-32(34)22-33-21-30-11-7-8-12-31(30)23-36(33)35/h7-14,17-23H,1-6H3. The van der Waals surface area contributed by atoms with Crippen LogP contribution in [0.5, 0.6) is 0 Å². The second kappa shape index (κ2) is 9.79. The van der Waals surface area contributed by atoms with E-state index in [0.717, 1.165) is 5.56 Å². The van der Waals surface area contributed by atoms with Crippen molar-refractivity contribution in [2.24, 2.45) is 0 Å². The Morgan fingerprint density at radius 1 is 0.462 bits per heavy atom. The van der Waals surface area contributed by atoms with Crippen molar-refractivity contribution < 1.29 is 0 Å². The van der Waals surface area contributed by atoms with E-state index in [4.69, 9.17) is 0 Å². The summed E-state index contributed by atoms with van der Waals surface area (Å²) >= 11 is 0. The fraction of sp³-hybridized carbons (Fsp3) is 0.158. The Morgan fingerprint density at radius 3 is 1.49 bits per heavy atom. The van der Waals surface area contributed by atoms with Gasteiger partial charge in [-0.3, -0.25) is 0 Å². The average Bonchev–Trinajstić information content (AvgIpc) is 2.88. The third-order valence-corrected chi connectivity index (χ3v) is 8.12. The van der Waals surface area contributed by atoms with Crippen LogP contribution in [0.4, 0.5) is 0 Å². The van der Waals surface area contributed by atoms with Crippen molar-refractivity contribution in [3.05, 3.63) is 130 Å². The van der Waals surface area contributed by atoms with Gasteiger partial charge >= 0.3 is 0 Å². The van der Waals surface area contributed by atoms with E-state index in [2.05, 4.69) is 144 Å². The first-order chi connectivity index (χ1) is 18.8. The molecule has 1 heteroatoms. The number of hydrogen-bond acceptors (Lipinski definition) is 0. The maximum atomic E-state index is 3.85. The summed E-state index contributed by atoms with van der Waals surface area (Å²) in [5, 5.41) is 7.39. The van der Waals surface area contributed by atoms with Crippen LogP contribution in [-0.2, 0) is 0 Å². The summed E-state index contributed by atoms with van der Waals surface area (Å²) in [6.07, 6.45) is 0. The van der Waals surface area contributed by atoms with Crippen molar-refractivity contribution >= 4 is 50.0 Å². The molecule has 0 unspecified atom stereocenters. The Morgan fingerprint density at radius 2 is 0.923 bits per heavy atom. The lowest BCUT2D eigenvalue weighted by Gasteiger charge is -2.20. The lowest BCUT2D eigenvalue weighted by Crippen LogP contribution is -2.46. The SMILES string of the molecule is Cc1cc(C)c(B(C#Cc2c3ccccc3cc3cc4ccccc4cc23)c2c(C)cc(C)cc2C)c(C)c1. The predicted octanol–water partition coefficient (Wildman–Crippen LogP) is 8.20. The Bertz CT molecular complexity index is 1870. The van der Waals surface area contributed by atoms with Gasteiger partial charge in [-0.1, -0.05) is 123 Å². The molecule has 6 rings (SSSR count). The van der Waals surface area contributed by atoms with E-state index in [9.17, 15) is 0 Å². The average molecular weight is 500 g/mol. The van der Waals surface area contributed by atoms with Crippen LogP contribution in [0.2, 0.25) is 0 Å². The van der Waals surface area contributed by atoms with E-state index in [0.29, 0.717) is 0 Å². The van der Waals surface area contributed by atoms with Gasteiger partial charge in [0.25, 0.3) is 6.71 Å². The third kappa shape index (κ3) is 4.51. The van der Waals surface area contributed by atoms with Gasteiger partial charge in [0.1, 0.15) is 0 Å². The number of rotatable bonds is 2. The molecule has 0 saturated heterocycles. The van der Waals surface area contributed by atoms with Crippen LogP contribution in [-0.4, -0.2) is 6.71 Å². The predicted molar refractivity (Wildman–Crippen MR) is 172 cm³/mol. The quantitative estimate of drug-likeness (QED) is 0.128. The molecule has 6 aromatic carbocycles. The van der Waals surface area contributed by atoms with E-state index < -0.39 is 0 Å². The first kappa shape index (κ1) is 25.0. The van der Waals surface area contributed by atoms with Crippen molar-refractivity contribution in [2.45, 2.75) is 41.5 Å².